The zero-order valence-electron chi connectivity index (χ0n) is 12.0. The Morgan fingerprint density at radius 1 is 1.38 bits per heavy atom. The highest BCUT2D eigenvalue weighted by Crippen LogP contribution is 2.21. The molecule has 0 radical (unpaired) electrons. The molecule has 2 rings (SSSR count). The first kappa shape index (κ1) is 16.0. The van der Waals surface area contributed by atoms with Crippen LogP contribution in [0.15, 0.2) is 11.4 Å². The molecule has 21 heavy (non-hydrogen) atoms. The number of rotatable bonds is 3. The number of hydrogen-bond acceptors (Lipinski definition) is 4. The molecule has 1 atom stereocenters. The van der Waals surface area contributed by atoms with Gasteiger partial charge in [0.25, 0.3) is 5.91 Å². The minimum absolute atomic E-state index is 0.0117. The van der Waals surface area contributed by atoms with E-state index in [9.17, 15) is 9.90 Å². The first-order valence-corrected chi connectivity index (χ1v) is 8.24. The van der Waals surface area contributed by atoms with E-state index in [1.807, 2.05) is 5.38 Å². The van der Waals surface area contributed by atoms with Crippen LogP contribution in [0.2, 0.25) is 0 Å². The van der Waals surface area contributed by atoms with Crippen LogP contribution >= 0.6 is 11.3 Å². The molecule has 1 fully saturated rings. The van der Waals surface area contributed by atoms with Crippen LogP contribution in [0.3, 0.4) is 0 Å². The number of carbonyl (C=O) groups is 1. The van der Waals surface area contributed by atoms with E-state index < -0.39 is 0 Å². The van der Waals surface area contributed by atoms with Crippen molar-refractivity contribution in [3.05, 3.63) is 21.9 Å². The summed E-state index contributed by atoms with van der Waals surface area (Å²) in [6.07, 6.45) is 4.49. The van der Waals surface area contributed by atoms with Gasteiger partial charge in [0, 0.05) is 18.3 Å². The summed E-state index contributed by atoms with van der Waals surface area (Å²) < 4.78 is 0. The largest absolute Gasteiger partial charge is 0.395 e. The summed E-state index contributed by atoms with van der Waals surface area (Å²) >= 11 is 1.44. The van der Waals surface area contributed by atoms with E-state index in [0.717, 1.165) is 30.6 Å². The zero-order valence-corrected chi connectivity index (χ0v) is 12.9. The Kier molecular flexibility index (Phi) is 6.24. The fraction of sp³-hybridized carbons (Fsp3) is 0.562. The van der Waals surface area contributed by atoms with E-state index in [0.29, 0.717) is 18.5 Å². The average molecular weight is 307 g/mol. The van der Waals surface area contributed by atoms with Crippen LogP contribution in [0.5, 0.6) is 0 Å². The van der Waals surface area contributed by atoms with E-state index in [2.05, 4.69) is 11.8 Å². The summed E-state index contributed by atoms with van der Waals surface area (Å²) in [5, 5.41) is 20.0. The Bertz CT molecular complexity index is 529. The van der Waals surface area contributed by atoms with E-state index in [1.165, 1.54) is 11.3 Å². The highest BCUT2D eigenvalue weighted by atomic mass is 32.1. The molecule has 1 unspecified atom stereocenters. The lowest BCUT2D eigenvalue weighted by atomic mass is 10.1. The van der Waals surface area contributed by atoms with Crippen molar-refractivity contribution in [2.75, 3.05) is 19.8 Å². The number of likely N-dealkylation sites (tertiary alicyclic amines) is 1. The van der Waals surface area contributed by atoms with Crippen LogP contribution in [0, 0.1) is 11.8 Å². The van der Waals surface area contributed by atoms with Crippen LogP contribution < -0.4 is 0 Å². The Morgan fingerprint density at radius 2 is 2.24 bits per heavy atom. The molecule has 114 valence electrons. The lowest BCUT2D eigenvalue weighted by molar-refractivity contribution is 0.0600. The maximum absolute atomic E-state index is 12.6. The Labute approximate surface area is 129 Å². The summed E-state index contributed by atoms with van der Waals surface area (Å²) in [5.74, 6) is 5.80. The number of nitrogens with zero attached hydrogens (tertiary/aromatic N) is 1. The third-order valence-electron chi connectivity index (χ3n) is 3.64. The number of hydrogen-bond donors (Lipinski definition) is 2. The van der Waals surface area contributed by atoms with E-state index in [4.69, 9.17) is 5.11 Å². The number of aliphatic hydroxyl groups is 2. The topological polar surface area (TPSA) is 60.8 Å². The van der Waals surface area contributed by atoms with Crippen molar-refractivity contribution < 1.29 is 15.0 Å². The number of thiophene rings is 1. The normalized spacial score (nSPS) is 18.8. The predicted molar refractivity (Wildman–Crippen MR) is 83.3 cm³/mol. The molecule has 1 aromatic rings. The molecule has 2 N–H and O–H groups in total. The van der Waals surface area contributed by atoms with Gasteiger partial charge < -0.3 is 15.1 Å². The third-order valence-corrected chi connectivity index (χ3v) is 4.49. The minimum Gasteiger partial charge on any atom is -0.395 e. The summed E-state index contributed by atoms with van der Waals surface area (Å²) in [5.41, 5.74) is 0.647. The number of amides is 1. The van der Waals surface area contributed by atoms with Crippen molar-refractivity contribution in [1.29, 1.82) is 0 Å². The second-order valence-electron chi connectivity index (χ2n) is 5.16. The van der Waals surface area contributed by atoms with Gasteiger partial charge in [0.1, 0.15) is 0 Å². The van der Waals surface area contributed by atoms with Crippen molar-refractivity contribution >= 4 is 17.2 Å². The Balaban J connectivity index is 2.09. The predicted octanol–water partition coefficient (Wildman–Crippen LogP) is 1.86. The van der Waals surface area contributed by atoms with Crippen molar-refractivity contribution in [2.45, 2.75) is 38.1 Å². The molecule has 0 aromatic carbocycles. The number of carbonyl (C=O) groups excluding carboxylic acids is 1. The van der Waals surface area contributed by atoms with Gasteiger partial charge >= 0.3 is 0 Å². The zero-order chi connectivity index (χ0) is 15.1. The monoisotopic (exact) mass is 307 g/mol. The lowest BCUT2D eigenvalue weighted by Gasteiger charge is -2.28. The maximum Gasteiger partial charge on any atom is 0.255 e. The van der Waals surface area contributed by atoms with Gasteiger partial charge in [0.05, 0.1) is 29.7 Å². The molecular formula is C16H21NO3S. The summed E-state index contributed by atoms with van der Waals surface area (Å²) in [6.45, 7) is 0.792. The molecular weight excluding hydrogens is 286 g/mol. The van der Waals surface area contributed by atoms with Crippen LogP contribution in [-0.4, -0.2) is 46.8 Å². The van der Waals surface area contributed by atoms with Crippen molar-refractivity contribution in [1.82, 2.24) is 4.90 Å². The molecule has 0 aliphatic carbocycles. The second kappa shape index (κ2) is 8.18. The standard InChI is InChI=1S/C16H21NO3S/c18-9-5-3-7-15-10-13(12-21-15)16(20)17-8-4-1-2-6-14(17)11-19/h10,12,14,18-19H,1-2,4-6,8-9,11H2. The van der Waals surface area contributed by atoms with Gasteiger partial charge in [-0.2, -0.15) is 0 Å². The molecule has 0 spiro atoms. The first-order chi connectivity index (χ1) is 10.3. The maximum atomic E-state index is 12.6. The number of aliphatic hydroxyl groups excluding tert-OH is 2. The van der Waals surface area contributed by atoms with Gasteiger partial charge in [0.15, 0.2) is 0 Å². The molecule has 1 saturated heterocycles. The molecule has 0 bridgehead atoms. The van der Waals surface area contributed by atoms with E-state index >= 15 is 0 Å². The van der Waals surface area contributed by atoms with E-state index in [1.54, 1.807) is 11.0 Å². The van der Waals surface area contributed by atoms with E-state index in [-0.39, 0.29) is 25.2 Å². The third kappa shape index (κ3) is 4.31. The SMILES string of the molecule is O=C(c1csc(C#CCCO)c1)N1CCCCCC1CO. The Hall–Kier alpha value is -1.35. The van der Waals surface area contributed by atoms with Crippen molar-refractivity contribution in [3.63, 3.8) is 0 Å². The van der Waals surface area contributed by atoms with Crippen molar-refractivity contribution in [3.8, 4) is 11.8 Å². The smallest absolute Gasteiger partial charge is 0.255 e. The highest BCUT2D eigenvalue weighted by Gasteiger charge is 2.26. The summed E-state index contributed by atoms with van der Waals surface area (Å²) in [6, 6.07) is 1.74. The second-order valence-corrected chi connectivity index (χ2v) is 6.07. The fourth-order valence-corrected chi connectivity index (χ4v) is 3.27. The molecule has 1 aromatic heterocycles. The minimum atomic E-state index is -0.0659. The molecule has 4 nitrogen and oxygen atoms in total. The van der Waals surface area contributed by atoms with Crippen LogP contribution in [-0.2, 0) is 0 Å². The van der Waals surface area contributed by atoms with Gasteiger partial charge in [-0.25, -0.2) is 0 Å². The first-order valence-electron chi connectivity index (χ1n) is 7.36. The van der Waals surface area contributed by atoms with Gasteiger partial charge in [-0.05, 0) is 18.9 Å². The lowest BCUT2D eigenvalue weighted by Crippen LogP contribution is -2.41. The molecule has 1 aliphatic heterocycles. The molecule has 1 amide bonds. The van der Waals surface area contributed by atoms with Crippen LogP contribution in [0.4, 0.5) is 0 Å². The summed E-state index contributed by atoms with van der Waals surface area (Å²) in [4.78, 5) is 15.2. The highest BCUT2D eigenvalue weighted by molar-refractivity contribution is 7.10. The molecule has 1 aliphatic rings. The van der Waals surface area contributed by atoms with Crippen LogP contribution in [0.1, 0.15) is 47.3 Å². The fourth-order valence-electron chi connectivity index (χ4n) is 2.52. The van der Waals surface area contributed by atoms with Crippen molar-refractivity contribution in [2.24, 2.45) is 0 Å². The average Bonchev–Trinajstić information content (AvgIpc) is 2.83. The van der Waals surface area contributed by atoms with Gasteiger partial charge in [-0.1, -0.05) is 24.7 Å². The molecule has 0 saturated carbocycles. The van der Waals surface area contributed by atoms with Gasteiger partial charge in [0.2, 0.25) is 0 Å². The summed E-state index contributed by atoms with van der Waals surface area (Å²) in [7, 11) is 0. The van der Waals surface area contributed by atoms with Gasteiger partial charge in [-0.15, -0.1) is 11.3 Å². The quantitative estimate of drug-likeness (QED) is 0.838. The van der Waals surface area contributed by atoms with Gasteiger partial charge in [-0.3, -0.25) is 4.79 Å². The molecule has 5 heteroatoms. The Morgan fingerprint density at radius 3 is 3.00 bits per heavy atom. The molecule has 2 heterocycles. The van der Waals surface area contributed by atoms with Crippen LogP contribution in [0.25, 0.3) is 0 Å².